The molecule has 0 bridgehead atoms. The lowest BCUT2D eigenvalue weighted by atomic mass is 9.93. The molecule has 112 valence electrons. The number of urea groups is 1. The summed E-state index contributed by atoms with van der Waals surface area (Å²) in [5, 5.41) is 9.11. The van der Waals surface area contributed by atoms with E-state index < -0.39 is 12.0 Å². The fourth-order valence-electron chi connectivity index (χ4n) is 3.05. The number of amides is 3. The van der Waals surface area contributed by atoms with E-state index in [0.29, 0.717) is 32.5 Å². The van der Waals surface area contributed by atoms with Gasteiger partial charge < -0.3 is 20.6 Å². The number of carbonyl (C=O) groups excluding carboxylic acids is 2. The van der Waals surface area contributed by atoms with E-state index in [1.54, 1.807) is 4.90 Å². The lowest BCUT2D eigenvalue weighted by Gasteiger charge is -2.35. The van der Waals surface area contributed by atoms with Crippen LogP contribution >= 0.6 is 0 Å². The van der Waals surface area contributed by atoms with Gasteiger partial charge in [-0.3, -0.25) is 4.79 Å². The van der Waals surface area contributed by atoms with Crippen LogP contribution in [0, 0.1) is 5.92 Å². The summed E-state index contributed by atoms with van der Waals surface area (Å²) < 4.78 is 0. The lowest BCUT2D eigenvalue weighted by molar-refractivity contribution is -0.141. The number of nitrogens with two attached hydrogens (primary N) is 1. The van der Waals surface area contributed by atoms with Gasteiger partial charge in [0.15, 0.2) is 0 Å². The number of nitrogens with zero attached hydrogens (tertiary/aromatic N) is 2. The monoisotopic (exact) mass is 283 g/mol. The molecule has 0 aromatic rings. The summed E-state index contributed by atoms with van der Waals surface area (Å²) in [5.74, 6) is -0.995. The Morgan fingerprint density at radius 2 is 1.75 bits per heavy atom. The highest BCUT2D eigenvalue weighted by Crippen LogP contribution is 2.24. The Kier molecular flexibility index (Phi) is 4.46. The van der Waals surface area contributed by atoms with Gasteiger partial charge in [0.2, 0.25) is 5.91 Å². The number of carboxylic acid groups (broad SMARTS) is 1. The second kappa shape index (κ2) is 6.11. The number of likely N-dealkylation sites (tertiary alicyclic amines) is 2. The van der Waals surface area contributed by atoms with Gasteiger partial charge in [-0.2, -0.15) is 0 Å². The normalized spacial score (nSPS) is 23.9. The third kappa shape index (κ3) is 3.20. The zero-order valence-corrected chi connectivity index (χ0v) is 11.5. The van der Waals surface area contributed by atoms with Gasteiger partial charge in [0.05, 0.1) is 0 Å². The molecule has 0 radical (unpaired) electrons. The van der Waals surface area contributed by atoms with Crippen molar-refractivity contribution in [1.29, 1.82) is 0 Å². The van der Waals surface area contributed by atoms with Gasteiger partial charge in [0, 0.05) is 26.1 Å². The Balaban J connectivity index is 1.88. The Morgan fingerprint density at radius 1 is 1.10 bits per heavy atom. The standard InChI is InChI=1S/C13H21N3O4/c14-11(17)8-9-3-6-15(7-4-9)13(20)16-5-1-2-10(16)12(18)19/h9-10H,1-8H2,(H2,14,17)(H,18,19)/t10-/m1/s1. The van der Waals surface area contributed by atoms with Crippen LogP contribution in [0.4, 0.5) is 4.79 Å². The Hall–Kier alpha value is -1.79. The van der Waals surface area contributed by atoms with E-state index in [4.69, 9.17) is 10.8 Å². The molecule has 0 spiro atoms. The summed E-state index contributed by atoms with van der Waals surface area (Å²) in [7, 11) is 0. The molecule has 0 aromatic heterocycles. The van der Waals surface area contributed by atoms with Crippen LogP contribution in [0.5, 0.6) is 0 Å². The van der Waals surface area contributed by atoms with Crippen LogP contribution in [0.2, 0.25) is 0 Å². The second-order valence-corrected chi connectivity index (χ2v) is 5.57. The number of hydrogen-bond acceptors (Lipinski definition) is 3. The first-order valence-electron chi connectivity index (χ1n) is 7.05. The minimum atomic E-state index is -0.931. The molecule has 0 saturated carbocycles. The summed E-state index contributed by atoms with van der Waals surface area (Å²) in [6.07, 6.45) is 3.13. The van der Waals surface area contributed by atoms with Gasteiger partial charge in [-0.25, -0.2) is 9.59 Å². The smallest absolute Gasteiger partial charge is 0.326 e. The molecule has 2 heterocycles. The number of hydrogen-bond donors (Lipinski definition) is 2. The predicted molar refractivity (Wildman–Crippen MR) is 70.9 cm³/mol. The van der Waals surface area contributed by atoms with Crippen molar-refractivity contribution in [3.05, 3.63) is 0 Å². The third-order valence-corrected chi connectivity index (χ3v) is 4.16. The van der Waals surface area contributed by atoms with E-state index in [9.17, 15) is 14.4 Å². The average Bonchev–Trinajstić information content (AvgIpc) is 2.87. The number of carbonyl (C=O) groups is 3. The van der Waals surface area contributed by atoms with Crippen molar-refractivity contribution in [3.63, 3.8) is 0 Å². The maximum absolute atomic E-state index is 12.3. The van der Waals surface area contributed by atoms with Crippen molar-refractivity contribution in [2.24, 2.45) is 11.7 Å². The molecular weight excluding hydrogens is 262 g/mol. The molecule has 0 aromatic carbocycles. The van der Waals surface area contributed by atoms with E-state index >= 15 is 0 Å². The molecule has 2 aliphatic rings. The molecule has 2 rings (SSSR count). The molecule has 2 aliphatic heterocycles. The summed E-state index contributed by atoms with van der Waals surface area (Å²) in [5.41, 5.74) is 5.18. The first-order chi connectivity index (χ1) is 9.49. The Bertz CT molecular complexity index is 404. The first-order valence-corrected chi connectivity index (χ1v) is 7.05. The zero-order valence-electron chi connectivity index (χ0n) is 11.5. The number of aliphatic carboxylic acids is 1. The Morgan fingerprint density at radius 3 is 2.30 bits per heavy atom. The molecule has 0 aliphatic carbocycles. The van der Waals surface area contributed by atoms with Crippen LogP contribution in [-0.2, 0) is 9.59 Å². The maximum atomic E-state index is 12.3. The van der Waals surface area contributed by atoms with Gasteiger partial charge in [0.1, 0.15) is 6.04 Å². The van der Waals surface area contributed by atoms with Gasteiger partial charge >= 0.3 is 12.0 Å². The molecule has 3 N–H and O–H groups in total. The van der Waals surface area contributed by atoms with Crippen LogP contribution in [-0.4, -0.2) is 58.5 Å². The van der Waals surface area contributed by atoms with Crippen LogP contribution in [0.3, 0.4) is 0 Å². The molecule has 7 nitrogen and oxygen atoms in total. The summed E-state index contributed by atoms with van der Waals surface area (Å²) in [6.45, 7) is 1.65. The SMILES string of the molecule is NC(=O)CC1CCN(C(=O)N2CCC[C@@H]2C(=O)O)CC1. The van der Waals surface area contributed by atoms with E-state index in [1.165, 1.54) is 4.90 Å². The third-order valence-electron chi connectivity index (χ3n) is 4.16. The zero-order chi connectivity index (χ0) is 14.7. The van der Waals surface area contributed by atoms with Crippen LogP contribution < -0.4 is 5.73 Å². The van der Waals surface area contributed by atoms with Crippen molar-refractivity contribution in [1.82, 2.24) is 9.80 Å². The molecule has 2 saturated heterocycles. The van der Waals surface area contributed by atoms with Crippen LogP contribution in [0.15, 0.2) is 0 Å². The molecule has 0 unspecified atom stereocenters. The summed E-state index contributed by atoms with van der Waals surface area (Å²) in [6, 6.07) is -0.877. The summed E-state index contributed by atoms with van der Waals surface area (Å²) in [4.78, 5) is 37.5. The fourth-order valence-corrected chi connectivity index (χ4v) is 3.05. The molecule has 2 fully saturated rings. The highest BCUT2D eigenvalue weighted by atomic mass is 16.4. The van der Waals surface area contributed by atoms with Crippen molar-refractivity contribution in [2.45, 2.75) is 38.1 Å². The molecule has 3 amide bonds. The number of piperidine rings is 1. The fraction of sp³-hybridized carbons (Fsp3) is 0.769. The number of rotatable bonds is 3. The minimum absolute atomic E-state index is 0.188. The Labute approximate surface area is 117 Å². The van der Waals surface area contributed by atoms with E-state index in [1.807, 2.05) is 0 Å². The minimum Gasteiger partial charge on any atom is -0.480 e. The van der Waals surface area contributed by atoms with Crippen LogP contribution in [0.25, 0.3) is 0 Å². The van der Waals surface area contributed by atoms with E-state index in [-0.39, 0.29) is 17.9 Å². The molecular formula is C13H21N3O4. The molecule has 20 heavy (non-hydrogen) atoms. The van der Waals surface area contributed by atoms with Gasteiger partial charge in [0.25, 0.3) is 0 Å². The number of primary amides is 1. The maximum Gasteiger partial charge on any atom is 0.326 e. The van der Waals surface area contributed by atoms with Gasteiger partial charge in [-0.1, -0.05) is 0 Å². The van der Waals surface area contributed by atoms with Crippen molar-refractivity contribution < 1.29 is 19.5 Å². The van der Waals surface area contributed by atoms with Crippen molar-refractivity contribution in [2.75, 3.05) is 19.6 Å². The van der Waals surface area contributed by atoms with Gasteiger partial charge in [-0.05, 0) is 31.6 Å². The van der Waals surface area contributed by atoms with Crippen molar-refractivity contribution in [3.8, 4) is 0 Å². The quantitative estimate of drug-likeness (QED) is 0.774. The van der Waals surface area contributed by atoms with Crippen molar-refractivity contribution >= 4 is 17.9 Å². The lowest BCUT2D eigenvalue weighted by Crippen LogP contribution is -2.50. The average molecular weight is 283 g/mol. The predicted octanol–water partition coefficient (Wildman–Crippen LogP) is 0.243. The summed E-state index contributed by atoms with van der Waals surface area (Å²) >= 11 is 0. The largest absolute Gasteiger partial charge is 0.480 e. The molecule has 1 atom stereocenters. The molecule has 7 heteroatoms. The highest BCUT2D eigenvalue weighted by Gasteiger charge is 2.37. The van der Waals surface area contributed by atoms with E-state index in [0.717, 1.165) is 19.3 Å². The topological polar surface area (TPSA) is 104 Å². The van der Waals surface area contributed by atoms with Gasteiger partial charge in [-0.15, -0.1) is 0 Å². The first kappa shape index (κ1) is 14.6. The van der Waals surface area contributed by atoms with E-state index in [2.05, 4.69) is 0 Å². The second-order valence-electron chi connectivity index (χ2n) is 5.57. The van der Waals surface area contributed by atoms with Crippen LogP contribution in [0.1, 0.15) is 32.1 Å². The highest BCUT2D eigenvalue weighted by molar-refractivity contribution is 5.83. The number of carboxylic acids is 1.